The van der Waals surface area contributed by atoms with Crippen LogP contribution in [0.5, 0.6) is 11.5 Å². The predicted molar refractivity (Wildman–Crippen MR) is 103 cm³/mol. The zero-order valence-electron chi connectivity index (χ0n) is 15.7. The summed E-state index contributed by atoms with van der Waals surface area (Å²) < 4.78 is 24.6. The number of carbonyl (C=O) groups excluding carboxylic acids is 2. The van der Waals surface area contributed by atoms with Crippen LogP contribution in [0.3, 0.4) is 0 Å². The molecule has 3 heterocycles. The first-order chi connectivity index (χ1) is 14.0. The Morgan fingerprint density at radius 2 is 2.07 bits per heavy atom. The molecule has 7 nitrogen and oxygen atoms in total. The number of methoxy groups -OCH3 is 1. The maximum atomic E-state index is 13.9. The number of nitrogens with one attached hydrogen (secondary N) is 1. The van der Waals surface area contributed by atoms with Crippen LogP contribution in [0.25, 0.3) is 11.0 Å². The number of esters is 1. The summed E-state index contributed by atoms with van der Waals surface area (Å²) >= 11 is 0. The third-order valence-corrected chi connectivity index (χ3v) is 5.62. The molecule has 2 aliphatic rings. The summed E-state index contributed by atoms with van der Waals surface area (Å²) in [6.45, 7) is 1.61. The van der Waals surface area contributed by atoms with Crippen molar-refractivity contribution in [1.29, 1.82) is 0 Å². The number of carbonyl (C=O) groups is 2. The van der Waals surface area contributed by atoms with Gasteiger partial charge in [-0.1, -0.05) is 0 Å². The van der Waals surface area contributed by atoms with Crippen LogP contribution in [0, 0.1) is 11.2 Å². The molecule has 0 amide bonds. The van der Waals surface area contributed by atoms with E-state index in [0.717, 1.165) is 18.8 Å². The second-order valence-electron chi connectivity index (χ2n) is 7.73. The highest BCUT2D eigenvalue weighted by molar-refractivity contribution is 5.93. The molecule has 29 heavy (non-hydrogen) atoms. The van der Waals surface area contributed by atoms with Crippen LogP contribution >= 0.6 is 0 Å². The van der Waals surface area contributed by atoms with E-state index in [1.165, 1.54) is 25.6 Å². The molecule has 8 heteroatoms. The van der Waals surface area contributed by atoms with Gasteiger partial charge in [-0.3, -0.25) is 4.79 Å². The van der Waals surface area contributed by atoms with Gasteiger partial charge in [0.05, 0.1) is 18.7 Å². The molecule has 2 aromatic heterocycles. The zero-order valence-corrected chi connectivity index (χ0v) is 15.7. The molecule has 1 aromatic carbocycles. The molecule has 0 bridgehead atoms. The van der Waals surface area contributed by atoms with E-state index in [1.54, 1.807) is 12.1 Å². The van der Waals surface area contributed by atoms with Gasteiger partial charge in [-0.2, -0.15) is 0 Å². The first kappa shape index (κ1) is 17.7. The number of H-pyrrole nitrogens is 1. The minimum atomic E-state index is -0.530. The van der Waals surface area contributed by atoms with Gasteiger partial charge < -0.3 is 19.4 Å². The fraction of sp³-hybridized carbons (Fsp3) is 0.286. The molecular weight excluding hydrogens is 377 g/mol. The molecule has 0 radical (unpaired) electrons. The summed E-state index contributed by atoms with van der Waals surface area (Å²) in [5.41, 5.74) is 1.68. The Morgan fingerprint density at radius 3 is 2.79 bits per heavy atom. The van der Waals surface area contributed by atoms with Gasteiger partial charge in [-0.25, -0.2) is 14.2 Å². The Bertz CT molecular complexity index is 1140. The van der Waals surface area contributed by atoms with Crippen LogP contribution in [-0.4, -0.2) is 41.9 Å². The van der Waals surface area contributed by atoms with E-state index in [1.807, 2.05) is 6.07 Å². The van der Waals surface area contributed by atoms with Crippen molar-refractivity contribution in [3.8, 4) is 11.5 Å². The quantitative estimate of drug-likeness (QED) is 0.681. The lowest BCUT2D eigenvalue weighted by molar-refractivity contribution is -0.134. The SMILES string of the molecule is COC(=O)c1ccc(N2CC3(CC(=O)C3)C2)cc1Oc1cnc2[nH]cc(F)c2c1. The lowest BCUT2D eigenvalue weighted by Crippen LogP contribution is -2.62. The van der Waals surface area contributed by atoms with Gasteiger partial charge in [0, 0.05) is 49.3 Å². The summed E-state index contributed by atoms with van der Waals surface area (Å²) in [7, 11) is 1.30. The van der Waals surface area contributed by atoms with Gasteiger partial charge in [0.1, 0.15) is 34.3 Å². The van der Waals surface area contributed by atoms with E-state index in [-0.39, 0.29) is 11.0 Å². The molecule has 1 saturated heterocycles. The molecule has 0 atom stereocenters. The number of rotatable bonds is 4. The number of ether oxygens (including phenoxy) is 2. The van der Waals surface area contributed by atoms with Crippen molar-refractivity contribution in [1.82, 2.24) is 9.97 Å². The molecule has 1 aliphatic carbocycles. The highest BCUT2D eigenvalue weighted by Crippen LogP contribution is 2.48. The van der Waals surface area contributed by atoms with E-state index in [0.29, 0.717) is 41.2 Å². The third kappa shape index (κ3) is 2.91. The van der Waals surface area contributed by atoms with Gasteiger partial charge in [-0.05, 0) is 18.2 Å². The maximum absolute atomic E-state index is 13.9. The van der Waals surface area contributed by atoms with E-state index in [2.05, 4.69) is 14.9 Å². The van der Waals surface area contributed by atoms with E-state index < -0.39 is 11.8 Å². The Morgan fingerprint density at radius 1 is 1.28 bits per heavy atom. The topological polar surface area (TPSA) is 84.5 Å². The molecule has 2 fully saturated rings. The first-order valence-corrected chi connectivity index (χ1v) is 9.26. The molecule has 1 aliphatic heterocycles. The summed E-state index contributed by atoms with van der Waals surface area (Å²) in [4.78, 5) is 32.5. The van der Waals surface area contributed by atoms with Crippen LogP contribution in [0.1, 0.15) is 23.2 Å². The zero-order chi connectivity index (χ0) is 20.2. The number of aromatic nitrogens is 2. The minimum absolute atomic E-state index is 0.111. The number of aromatic amines is 1. The van der Waals surface area contributed by atoms with Crippen LogP contribution in [-0.2, 0) is 9.53 Å². The Hall–Kier alpha value is -3.42. The van der Waals surface area contributed by atoms with E-state index >= 15 is 0 Å². The highest BCUT2D eigenvalue weighted by atomic mass is 19.1. The fourth-order valence-corrected chi connectivity index (χ4v) is 4.16. The van der Waals surface area contributed by atoms with Gasteiger partial charge in [-0.15, -0.1) is 0 Å². The number of Topliss-reactive ketones (excluding diaryl/α,β-unsaturated/α-hetero) is 1. The van der Waals surface area contributed by atoms with Gasteiger partial charge in [0.2, 0.25) is 0 Å². The second-order valence-corrected chi connectivity index (χ2v) is 7.73. The van der Waals surface area contributed by atoms with E-state index in [9.17, 15) is 14.0 Å². The van der Waals surface area contributed by atoms with Gasteiger partial charge in [0.15, 0.2) is 0 Å². The standard InChI is InChI=1S/C21H18FN3O4/c1-28-20(27)15-3-2-12(25-10-21(11-25)6-13(26)7-21)4-18(15)29-14-5-16-17(22)9-24-19(16)23-8-14/h2-5,8-9H,6-7,10-11H2,1H3,(H,23,24). The first-order valence-electron chi connectivity index (χ1n) is 9.26. The van der Waals surface area contributed by atoms with Crippen LogP contribution in [0.2, 0.25) is 0 Å². The molecule has 3 aromatic rings. The van der Waals surface area contributed by atoms with Gasteiger partial charge in [0.25, 0.3) is 0 Å². The maximum Gasteiger partial charge on any atom is 0.341 e. The van der Waals surface area contributed by atoms with Crippen molar-refractivity contribution in [3.05, 3.63) is 48.0 Å². The number of benzene rings is 1. The van der Waals surface area contributed by atoms with Crippen LogP contribution < -0.4 is 9.64 Å². The normalized spacial score (nSPS) is 17.2. The van der Waals surface area contributed by atoms with Crippen molar-refractivity contribution in [2.75, 3.05) is 25.1 Å². The number of halogens is 1. The summed E-state index contributed by atoms with van der Waals surface area (Å²) in [5, 5.41) is 0.303. The number of nitrogens with zero attached hydrogens (tertiary/aromatic N) is 2. The molecule has 5 rings (SSSR count). The molecule has 1 saturated carbocycles. The second kappa shape index (κ2) is 6.30. The number of ketones is 1. The van der Waals surface area contributed by atoms with Crippen molar-refractivity contribution in [2.45, 2.75) is 12.8 Å². The lowest BCUT2D eigenvalue weighted by Gasteiger charge is -2.55. The largest absolute Gasteiger partial charge is 0.465 e. The summed E-state index contributed by atoms with van der Waals surface area (Å²) in [6, 6.07) is 6.77. The van der Waals surface area contributed by atoms with Gasteiger partial charge >= 0.3 is 5.97 Å². The lowest BCUT2D eigenvalue weighted by atomic mass is 9.62. The minimum Gasteiger partial charge on any atom is -0.465 e. The number of hydrogen-bond donors (Lipinski definition) is 1. The summed E-state index contributed by atoms with van der Waals surface area (Å²) in [6.07, 6.45) is 3.97. The predicted octanol–water partition coefficient (Wildman–Crippen LogP) is 3.45. The van der Waals surface area contributed by atoms with Crippen LogP contribution in [0.15, 0.2) is 36.7 Å². The molecule has 1 spiro atoms. The third-order valence-electron chi connectivity index (χ3n) is 5.62. The number of anilines is 1. The van der Waals surface area contributed by atoms with Crippen molar-refractivity contribution >= 4 is 28.5 Å². The Kier molecular flexibility index (Phi) is 3.84. The highest BCUT2D eigenvalue weighted by Gasteiger charge is 2.52. The molecular formula is C21H18FN3O4. The monoisotopic (exact) mass is 395 g/mol. The fourth-order valence-electron chi connectivity index (χ4n) is 4.16. The van der Waals surface area contributed by atoms with Crippen molar-refractivity contribution in [3.63, 3.8) is 0 Å². The van der Waals surface area contributed by atoms with Crippen LogP contribution in [0.4, 0.5) is 10.1 Å². The molecule has 1 N–H and O–H groups in total. The summed E-state index contributed by atoms with van der Waals surface area (Å²) in [5.74, 6) is -0.0338. The average molecular weight is 395 g/mol. The van der Waals surface area contributed by atoms with Crippen molar-refractivity contribution in [2.24, 2.45) is 5.41 Å². The van der Waals surface area contributed by atoms with Crippen molar-refractivity contribution < 1.29 is 23.5 Å². The van der Waals surface area contributed by atoms with E-state index in [4.69, 9.17) is 9.47 Å². The molecule has 0 unspecified atom stereocenters. The number of fused-ring (bicyclic) bond motifs is 1. The smallest absolute Gasteiger partial charge is 0.341 e. The average Bonchev–Trinajstić information content (AvgIpc) is 3.03. The molecule has 148 valence electrons. The number of hydrogen-bond acceptors (Lipinski definition) is 6. The number of pyridine rings is 1. The Labute approximate surface area is 165 Å². The Balaban J connectivity index is 1.45.